The lowest BCUT2D eigenvalue weighted by atomic mass is 9.79. The summed E-state index contributed by atoms with van der Waals surface area (Å²) in [5, 5.41) is 0. The maximum absolute atomic E-state index is 7.20. The molecule has 0 aromatic carbocycles. The molecule has 1 heterocycles. The van der Waals surface area contributed by atoms with Gasteiger partial charge in [0, 0.05) is 6.20 Å². The highest BCUT2D eigenvalue weighted by atomic mass is 14.9. The fraction of sp³-hybridized carbons (Fsp3) is 0.591. The number of nitrogens with two attached hydrogens (primary N) is 1. The van der Waals surface area contributed by atoms with Gasteiger partial charge in [0.15, 0.2) is 0 Å². The summed E-state index contributed by atoms with van der Waals surface area (Å²) in [7, 11) is 0. The van der Waals surface area contributed by atoms with E-state index in [1.165, 1.54) is 24.0 Å². The highest BCUT2D eigenvalue weighted by molar-refractivity contribution is 5.59. The molecule has 132 valence electrons. The van der Waals surface area contributed by atoms with Gasteiger partial charge in [-0.25, -0.2) is 0 Å². The van der Waals surface area contributed by atoms with E-state index in [1.807, 2.05) is 12.3 Å². The van der Waals surface area contributed by atoms with Crippen molar-refractivity contribution in [3.63, 3.8) is 0 Å². The van der Waals surface area contributed by atoms with Crippen molar-refractivity contribution in [2.75, 3.05) is 0 Å². The predicted octanol–water partition coefficient (Wildman–Crippen LogP) is 6.04. The molecule has 0 saturated heterocycles. The number of hydrogen-bond donors (Lipinski definition) is 1. The Kier molecular flexibility index (Phi) is 6.79. The van der Waals surface area contributed by atoms with E-state index in [0.29, 0.717) is 0 Å². The summed E-state index contributed by atoms with van der Waals surface area (Å²) in [6, 6.07) is 6.17. The Hall–Kier alpha value is -1.41. The van der Waals surface area contributed by atoms with Crippen molar-refractivity contribution < 1.29 is 0 Å². The van der Waals surface area contributed by atoms with Crippen molar-refractivity contribution in [3.05, 3.63) is 52.4 Å². The van der Waals surface area contributed by atoms with Crippen LogP contribution in [0, 0.1) is 0 Å². The lowest BCUT2D eigenvalue weighted by Gasteiger charge is -2.32. The molecule has 24 heavy (non-hydrogen) atoms. The van der Waals surface area contributed by atoms with Crippen LogP contribution in [0.1, 0.15) is 84.8 Å². The minimum atomic E-state index is -0.484. The number of hydrogen-bond acceptors (Lipinski definition) is 2. The molecule has 0 radical (unpaired) electrons. The molecule has 0 fully saturated rings. The van der Waals surface area contributed by atoms with Crippen molar-refractivity contribution in [1.82, 2.24) is 4.98 Å². The first kappa shape index (κ1) is 18.9. The summed E-state index contributed by atoms with van der Waals surface area (Å²) < 4.78 is 0. The van der Waals surface area contributed by atoms with E-state index in [1.54, 1.807) is 11.1 Å². The molecule has 0 unspecified atom stereocenters. The smallest absolute Gasteiger partial charge is 0.103 e. The molecule has 0 saturated carbocycles. The van der Waals surface area contributed by atoms with Crippen LogP contribution in [0.15, 0.2) is 46.7 Å². The normalized spacial score (nSPS) is 17.0. The van der Waals surface area contributed by atoms with Crippen LogP contribution in [0.5, 0.6) is 0 Å². The molecule has 0 amide bonds. The van der Waals surface area contributed by atoms with Gasteiger partial charge in [0.05, 0.1) is 5.69 Å². The Bertz CT molecular complexity index is 564. The van der Waals surface area contributed by atoms with Gasteiger partial charge in [-0.05, 0) is 60.1 Å². The summed E-state index contributed by atoms with van der Waals surface area (Å²) in [4.78, 5) is 4.69. The quantitative estimate of drug-likeness (QED) is 0.600. The first-order valence-corrected chi connectivity index (χ1v) is 9.80. The molecule has 0 atom stereocenters. The fourth-order valence-electron chi connectivity index (χ4n) is 4.23. The van der Waals surface area contributed by atoms with Gasteiger partial charge in [-0.2, -0.15) is 0 Å². The average molecular weight is 327 g/mol. The van der Waals surface area contributed by atoms with Crippen molar-refractivity contribution in [2.24, 2.45) is 5.73 Å². The second-order valence-electron chi connectivity index (χ2n) is 6.94. The third-order valence-electron chi connectivity index (χ3n) is 5.11. The van der Waals surface area contributed by atoms with Crippen LogP contribution in [-0.2, 0) is 5.54 Å². The lowest BCUT2D eigenvalue weighted by Crippen LogP contribution is -2.40. The SMILES string of the molecule is CCCC1=C(CCC)C(N)(c2ccccn2)C(CCC)=C1CCC. The molecule has 2 rings (SSSR count). The van der Waals surface area contributed by atoms with Gasteiger partial charge < -0.3 is 5.73 Å². The summed E-state index contributed by atoms with van der Waals surface area (Å²) in [5.74, 6) is 0. The monoisotopic (exact) mass is 326 g/mol. The third kappa shape index (κ3) is 3.35. The van der Waals surface area contributed by atoms with Crippen molar-refractivity contribution in [1.29, 1.82) is 0 Å². The summed E-state index contributed by atoms with van der Waals surface area (Å²) in [6.07, 6.45) is 10.9. The summed E-state index contributed by atoms with van der Waals surface area (Å²) in [6.45, 7) is 9.06. The number of pyridine rings is 1. The third-order valence-corrected chi connectivity index (χ3v) is 5.11. The largest absolute Gasteiger partial charge is 0.313 e. The molecule has 2 nitrogen and oxygen atoms in total. The van der Waals surface area contributed by atoms with E-state index in [9.17, 15) is 0 Å². The summed E-state index contributed by atoms with van der Waals surface area (Å²) in [5.41, 5.74) is 13.7. The number of allylic oxidation sites excluding steroid dienone is 2. The second kappa shape index (κ2) is 8.62. The van der Waals surface area contributed by atoms with Crippen molar-refractivity contribution in [3.8, 4) is 0 Å². The second-order valence-corrected chi connectivity index (χ2v) is 6.94. The Morgan fingerprint density at radius 3 is 1.67 bits per heavy atom. The van der Waals surface area contributed by atoms with Crippen LogP contribution < -0.4 is 5.73 Å². The van der Waals surface area contributed by atoms with E-state index in [-0.39, 0.29) is 0 Å². The van der Waals surface area contributed by atoms with E-state index < -0.39 is 5.54 Å². The van der Waals surface area contributed by atoms with Gasteiger partial charge in [0.2, 0.25) is 0 Å². The van der Waals surface area contributed by atoms with Gasteiger partial charge in [-0.1, -0.05) is 59.4 Å². The minimum absolute atomic E-state index is 0.484. The maximum atomic E-state index is 7.20. The first-order valence-electron chi connectivity index (χ1n) is 9.80. The van der Waals surface area contributed by atoms with Crippen LogP contribution in [0.3, 0.4) is 0 Å². The molecule has 0 spiro atoms. The van der Waals surface area contributed by atoms with Crippen LogP contribution >= 0.6 is 0 Å². The zero-order valence-electron chi connectivity index (χ0n) is 16.0. The van der Waals surface area contributed by atoms with Crippen molar-refractivity contribution >= 4 is 0 Å². The van der Waals surface area contributed by atoms with Crippen LogP contribution in [-0.4, -0.2) is 4.98 Å². The molecule has 1 aromatic heterocycles. The van der Waals surface area contributed by atoms with Gasteiger partial charge in [-0.15, -0.1) is 0 Å². The lowest BCUT2D eigenvalue weighted by molar-refractivity contribution is 0.549. The van der Waals surface area contributed by atoms with Gasteiger partial charge in [0.1, 0.15) is 5.54 Å². The maximum Gasteiger partial charge on any atom is 0.103 e. The Morgan fingerprint density at radius 1 is 0.792 bits per heavy atom. The number of aromatic nitrogens is 1. The highest BCUT2D eigenvalue weighted by Crippen LogP contribution is 2.50. The minimum Gasteiger partial charge on any atom is -0.313 e. The molecule has 0 bridgehead atoms. The summed E-state index contributed by atoms with van der Waals surface area (Å²) >= 11 is 0. The van der Waals surface area contributed by atoms with Gasteiger partial charge >= 0.3 is 0 Å². The highest BCUT2D eigenvalue weighted by Gasteiger charge is 2.44. The number of nitrogens with zero attached hydrogens (tertiary/aromatic N) is 1. The van der Waals surface area contributed by atoms with Gasteiger partial charge in [0.25, 0.3) is 0 Å². The fourth-order valence-corrected chi connectivity index (χ4v) is 4.23. The molecule has 1 aliphatic rings. The molecular formula is C22H34N2. The van der Waals surface area contributed by atoms with E-state index in [2.05, 4.69) is 39.8 Å². The Balaban J connectivity index is 2.69. The van der Waals surface area contributed by atoms with E-state index >= 15 is 0 Å². The average Bonchev–Trinajstić information content (AvgIpc) is 2.81. The molecule has 1 aromatic rings. The Morgan fingerprint density at radius 2 is 1.29 bits per heavy atom. The predicted molar refractivity (Wildman–Crippen MR) is 104 cm³/mol. The van der Waals surface area contributed by atoms with E-state index in [4.69, 9.17) is 10.7 Å². The molecule has 1 aliphatic carbocycles. The standard InChI is InChI=1S/C22H34N2/c1-5-11-17-18(12-6-2)20(14-8-4)22(23,19(17)13-7-3)21-15-9-10-16-24-21/h9-10,15-16H,5-8,11-14,23H2,1-4H3. The molecule has 0 aliphatic heterocycles. The molecular weight excluding hydrogens is 292 g/mol. The van der Waals surface area contributed by atoms with E-state index in [0.717, 1.165) is 44.2 Å². The Labute approximate surface area is 148 Å². The van der Waals surface area contributed by atoms with Crippen LogP contribution in [0.2, 0.25) is 0 Å². The van der Waals surface area contributed by atoms with Crippen molar-refractivity contribution in [2.45, 2.75) is 84.6 Å². The topological polar surface area (TPSA) is 38.9 Å². The molecule has 2 heteroatoms. The molecule has 2 N–H and O–H groups in total. The van der Waals surface area contributed by atoms with Crippen LogP contribution in [0.25, 0.3) is 0 Å². The first-order chi connectivity index (χ1) is 11.6. The van der Waals surface area contributed by atoms with Crippen LogP contribution in [0.4, 0.5) is 0 Å². The zero-order valence-corrected chi connectivity index (χ0v) is 16.0. The zero-order chi connectivity index (χ0) is 17.6. The number of rotatable bonds is 9. The van der Waals surface area contributed by atoms with Gasteiger partial charge in [-0.3, -0.25) is 4.98 Å².